The molecule has 0 spiro atoms. The van der Waals surface area contributed by atoms with Gasteiger partial charge in [-0.05, 0) is 24.3 Å². The van der Waals surface area contributed by atoms with E-state index >= 15 is 0 Å². The number of hydrogen-bond acceptors (Lipinski definition) is 8. The number of nitrogens with one attached hydrogen (secondary N) is 1. The van der Waals surface area contributed by atoms with Crippen LogP contribution in [0.3, 0.4) is 0 Å². The molecule has 1 aliphatic rings. The number of rotatable bonds is 3. The maximum atomic E-state index is 12.4. The monoisotopic (exact) mass is 334 g/mol. The molecule has 0 saturated carbocycles. The fourth-order valence-electron chi connectivity index (χ4n) is 1.41. The molecule has 0 aliphatic carbocycles. The number of hydrogen-bond donors (Lipinski definition) is 3. The highest BCUT2D eigenvalue weighted by atomic mass is 32.2. The second kappa shape index (κ2) is 5.29. The SMILES string of the molecule is NC1=NN=C(N)C1=NNc1ccc(S(=O)(=O)C(F)(F)F)cc1. The predicted octanol–water partition coefficient (Wildman–Crippen LogP) is 0.391. The van der Waals surface area contributed by atoms with Gasteiger partial charge in [-0.3, -0.25) is 5.43 Å². The smallest absolute Gasteiger partial charge is 0.380 e. The van der Waals surface area contributed by atoms with Crippen molar-refractivity contribution in [3.05, 3.63) is 24.3 Å². The Hall–Kier alpha value is -2.63. The van der Waals surface area contributed by atoms with Crippen molar-refractivity contribution in [2.75, 3.05) is 5.43 Å². The van der Waals surface area contributed by atoms with Crippen LogP contribution in [0.2, 0.25) is 0 Å². The molecule has 12 heteroatoms. The van der Waals surface area contributed by atoms with E-state index in [1.54, 1.807) is 0 Å². The van der Waals surface area contributed by atoms with Crippen molar-refractivity contribution in [1.82, 2.24) is 0 Å². The molecule has 0 radical (unpaired) electrons. The number of sulfone groups is 1. The quantitative estimate of drug-likeness (QED) is 0.687. The average molecular weight is 334 g/mol. The van der Waals surface area contributed by atoms with Crippen molar-refractivity contribution in [2.45, 2.75) is 10.4 Å². The number of hydrazone groups is 1. The fourth-order valence-corrected chi connectivity index (χ4v) is 2.17. The first-order chi connectivity index (χ1) is 10.1. The molecule has 1 aromatic carbocycles. The summed E-state index contributed by atoms with van der Waals surface area (Å²) >= 11 is 0. The summed E-state index contributed by atoms with van der Waals surface area (Å²) in [4.78, 5) is -0.874. The standard InChI is InChI=1S/C10H9F3N6O2S/c11-10(12,13)22(20,21)6-3-1-5(2-4-6)16-17-7-8(14)18-19-9(7)15/h1-4,16H,(H4,14,15,17,18,19). The van der Waals surface area contributed by atoms with Gasteiger partial charge in [0, 0.05) is 0 Å². The van der Waals surface area contributed by atoms with Gasteiger partial charge in [-0.2, -0.15) is 18.3 Å². The molecule has 118 valence electrons. The van der Waals surface area contributed by atoms with E-state index in [2.05, 4.69) is 20.7 Å². The molecule has 0 atom stereocenters. The van der Waals surface area contributed by atoms with E-state index in [1.807, 2.05) is 0 Å². The lowest BCUT2D eigenvalue weighted by Gasteiger charge is -2.08. The molecule has 2 rings (SSSR count). The first kappa shape index (κ1) is 15.8. The van der Waals surface area contributed by atoms with Gasteiger partial charge in [0.05, 0.1) is 10.6 Å². The van der Waals surface area contributed by atoms with E-state index in [0.29, 0.717) is 0 Å². The number of benzene rings is 1. The lowest BCUT2D eigenvalue weighted by Crippen LogP contribution is -2.32. The number of nitrogens with two attached hydrogens (primary N) is 2. The minimum absolute atomic E-state index is 0.0266. The number of alkyl halides is 3. The van der Waals surface area contributed by atoms with E-state index in [9.17, 15) is 21.6 Å². The van der Waals surface area contributed by atoms with Gasteiger partial charge in [0.25, 0.3) is 9.84 Å². The van der Waals surface area contributed by atoms with Crippen LogP contribution in [-0.4, -0.2) is 31.3 Å². The summed E-state index contributed by atoms with van der Waals surface area (Å²) < 4.78 is 59.5. The van der Waals surface area contributed by atoms with Gasteiger partial charge in [-0.25, -0.2) is 8.42 Å². The van der Waals surface area contributed by atoms with Gasteiger partial charge in [-0.15, -0.1) is 10.2 Å². The van der Waals surface area contributed by atoms with Gasteiger partial charge in [0.15, 0.2) is 17.4 Å². The molecule has 1 heterocycles. The van der Waals surface area contributed by atoms with Crippen molar-refractivity contribution in [3.63, 3.8) is 0 Å². The summed E-state index contributed by atoms with van der Waals surface area (Å²) in [5, 5.41) is 10.7. The summed E-state index contributed by atoms with van der Waals surface area (Å²) in [6, 6.07) is 3.82. The topological polar surface area (TPSA) is 135 Å². The van der Waals surface area contributed by atoms with Gasteiger partial charge >= 0.3 is 5.51 Å². The van der Waals surface area contributed by atoms with Crippen molar-refractivity contribution >= 4 is 32.9 Å². The Morgan fingerprint density at radius 3 is 2.00 bits per heavy atom. The number of amidine groups is 2. The molecule has 0 aromatic heterocycles. The normalized spacial score (nSPS) is 15.3. The fraction of sp³-hybridized carbons (Fsp3) is 0.100. The van der Waals surface area contributed by atoms with Crippen molar-refractivity contribution in [3.8, 4) is 0 Å². The predicted molar refractivity (Wildman–Crippen MR) is 74.0 cm³/mol. The zero-order chi connectivity index (χ0) is 16.5. The second-order valence-electron chi connectivity index (χ2n) is 4.02. The van der Waals surface area contributed by atoms with Crippen molar-refractivity contribution in [1.29, 1.82) is 0 Å². The van der Waals surface area contributed by atoms with Crippen LogP contribution in [0.15, 0.2) is 44.5 Å². The minimum Gasteiger partial charge on any atom is -0.380 e. The molecule has 1 aliphatic heterocycles. The number of nitrogens with zero attached hydrogens (tertiary/aromatic N) is 3. The Kier molecular flexibility index (Phi) is 3.79. The maximum absolute atomic E-state index is 12.4. The Balaban J connectivity index is 2.19. The molecule has 0 amide bonds. The summed E-state index contributed by atoms with van der Waals surface area (Å²) in [5.74, 6) is -0.0532. The Bertz CT molecular complexity index is 760. The Labute approximate surface area is 122 Å². The van der Waals surface area contributed by atoms with E-state index < -0.39 is 20.2 Å². The van der Waals surface area contributed by atoms with Crippen LogP contribution >= 0.6 is 0 Å². The maximum Gasteiger partial charge on any atom is 0.501 e. The molecular formula is C10H9F3N6O2S. The van der Waals surface area contributed by atoms with Gasteiger partial charge < -0.3 is 11.5 Å². The highest BCUT2D eigenvalue weighted by Crippen LogP contribution is 2.30. The second-order valence-corrected chi connectivity index (χ2v) is 5.96. The largest absolute Gasteiger partial charge is 0.501 e. The van der Waals surface area contributed by atoms with Gasteiger partial charge in [0.2, 0.25) is 0 Å². The first-order valence-electron chi connectivity index (χ1n) is 5.55. The van der Waals surface area contributed by atoms with E-state index in [4.69, 9.17) is 11.5 Å². The minimum atomic E-state index is -5.38. The number of halogens is 3. The third-order valence-corrected chi connectivity index (χ3v) is 4.02. The molecular weight excluding hydrogens is 325 g/mol. The van der Waals surface area contributed by atoms with Crippen LogP contribution in [0.4, 0.5) is 18.9 Å². The Morgan fingerprint density at radius 2 is 1.55 bits per heavy atom. The molecule has 5 N–H and O–H groups in total. The summed E-state index contributed by atoms with van der Waals surface area (Å²) in [6.45, 7) is 0. The van der Waals surface area contributed by atoms with Crippen molar-refractivity contribution in [2.24, 2.45) is 26.8 Å². The van der Waals surface area contributed by atoms with Gasteiger partial charge in [0.1, 0.15) is 0 Å². The van der Waals surface area contributed by atoms with Crippen LogP contribution in [0, 0.1) is 0 Å². The average Bonchev–Trinajstić information content (AvgIpc) is 2.75. The van der Waals surface area contributed by atoms with Crippen LogP contribution in [-0.2, 0) is 9.84 Å². The van der Waals surface area contributed by atoms with Gasteiger partial charge in [-0.1, -0.05) is 0 Å². The summed E-state index contributed by atoms with van der Waals surface area (Å²) in [7, 11) is -5.38. The lowest BCUT2D eigenvalue weighted by molar-refractivity contribution is -0.0436. The zero-order valence-electron chi connectivity index (χ0n) is 10.7. The van der Waals surface area contributed by atoms with E-state index in [1.165, 1.54) is 0 Å². The molecule has 0 fully saturated rings. The summed E-state index contributed by atoms with van der Waals surface area (Å²) in [5.41, 5.74) is 8.28. The first-order valence-corrected chi connectivity index (χ1v) is 7.03. The highest BCUT2D eigenvalue weighted by molar-refractivity contribution is 7.92. The Morgan fingerprint density at radius 1 is 1.05 bits per heavy atom. The highest BCUT2D eigenvalue weighted by Gasteiger charge is 2.46. The lowest BCUT2D eigenvalue weighted by atomic mass is 10.3. The van der Waals surface area contributed by atoms with E-state index in [-0.39, 0.29) is 23.1 Å². The summed E-state index contributed by atoms with van der Waals surface area (Å²) in [6.07, 6.45) is 0. The third-order valence-electron chi connectivity index (χ3n) is 2.52. The third kappa shape index (κ3) is 2.86. The van der Waals surface area contributed by atoms with Crippen LogP contribution in [0.25, 0.3) is 0 Å². The van der Waals surface area contributed by atoms with Crippen LogP contribution in [0.5, 0.6) is 0 Å². The van der Waals surface area contributed by atoms with Crippen LogP contribution < -0.4 is 16.9 Å². The molecule has 0 unspecified atom stereocenters. The molecule has 1 aromatic rings. The molecule has 22 heavy (non-hydrogen) atoms. The molecule has 0 saturated heterocycles. The number of anilines is 1. The zero-order valence-corrected chi connectivity index (χ0v) is 11.5. The van der Waals surface area contributed by atoms with Crippen LogP contribution in [0.1, 0.15) is 0 Å². The molecule has 8 nitrogen and oxygen atoms in total. The molecule has 0 bridgehead atoms. The van der Waals surface area contributed by atoms with Crippen molar-refractivity contribution < 1.29 is 21.6 Å². The van der Waals surface area contributed by atoms with E-state index in [0.717, 1.165) is 24.3 Å².